The Bertz CT molecular complexity index is 1190. The zero-order valence-electron chi connectivity index (χ0n) is 14.7. The van der Waals surface area contributed by atoms with E-state index in [0.717, 1.165) is 16.7 Å². The number of hydrogen-bond donors (Lipinski definition) is 0. The molecule has 0 saturated heterocycles. The standard InChI is InChI=1S/C23H14O4S/c24-19-16-7-3-4-8-17(16)20(25)22-18(19)21-15-6-2-1-5-13(15)11-23(26-21,27-22)14-9-10-28-12-14/h1-10,12,21H,11H2/t21-,23+/m0/s1. The van der Waals surface area contributed by atoms with Gasteiger partial charge in [0.05, 0.1) is 5.57 Å². The van der Waals surface area contributed by atoms with Crippen molar-refractivity contribution in [2.75, 3.05) is 0 Å². The second kappa shape index (κ2) is 5.50. The molecular weight excluding hydrogens is 372 g/mol. The third-order valence-corrected chi connectivity index (χ3v) is 6.35. The third kappa shape index (κ3) is 1.97. The SMILES string of the molecule is O=C1C2=C(C(=O)c3ccccc31)[C@H]1O[C@](c3ccsc3)(Cc3ccccc31)O2. The van der Waals surface area contributed by atoms with E-state index in [1.54, 1.807) is 35.6 Å². The lowest BCUT2D eigenvalue weighted by molar-refractivity contribution is -0.264. The van der Waals surface area contributed by atoms with Crippen molar-refractivity contribution in [1.82, 2.24) is 0 Å². The van der Waals surface area contributed by atoms with Gasteiger partial charge < -0.3 is 9.47 Å². The number of fused-ring (bicyclic) bond motifs is 6. The number of benzene rings is 2. The predicted octanol–water partition coefficient (Wildman–Crippen LogP) is 4.58. The molecule has 3 aliphatic rings. The Morgan fingerprint density at radius 1 is 0.929 bits per heavy atom. The summed E-state index contributed by atoms with van der Waals surface area (Å²) in [6.07, 6.45) is -0.144. The lowest BCUT2D eigenvalue weighted by atomic mass is 9.78. The van der Waals surface area contributed by atoms with Crippen LogP contribution in [0.1, 0.15) is 43.5 Å². The van der Waals surface area contributed by atoms with Gasteiger partial charge >= 0.3 is 0 Å². The van der Waals surface area contributed by atoms with Gasteiger partial charge in [-0.05, 0) is 22.6 Å². The van der Waals surface area contributed by atoms with Gasteiger partial charge in [-0.2, -0.15) is 11.3 Å². The first-order valence-corrected chi connectivity index (χ1v) is 10.0. The Labute approximate surface area is 165 Å². The van der Waals surface area contributed by atoms with Crippen LogP contribution in [0, 0.1) is 0 Å². The summed E-state index contributed by atoms with van der Waals surface area (Å²) in [5.41, 5.74) is 3.95. The maximum absolute atomic E-state index is 13.3. The molecule has 6 rings (SSSR count). The number of Topliss-reactive ketones (excluding diaryl/α,β-unsaturated/α-hetero) is 2. The highest BCUT2D eigenvalue weighted by molar-refractivity contribution is 7.08. The number of rotatable bonds is 1. The van der Waals surface area contributed by atoms with Crippen LogP contribution < -0.4 is 0 Å². The second-order valence-electron chi connectivity index (χ2n) is 7.19. The number of ketones is 2. The van der Waals surface area contributed by atoms with Gasteiger partial charge in [-0.15, -0.1) is 0 Å². The smallest absolute Gasteiger partial charge is 0.243 e. The van der Waals surface area contributed by atoms with Gasteiger partial charge in [0.1, 0.15) is 6.10 Å². The molecule has 28 heavy (non-hydrogen) atoms. The highest BCUT2D eigenvalue weighted by Crippen LogP contribution is 2.53. The van der Waals surface area contributed by atoms with Crippen LogP contribution in [0.2, 0.25) is 0 Å². The maximum atomic E-state index is 13.3. The number of thiophene rings is 1. The number of carbonyl (C=O) groups excluding carboxylic acids is 2. The van der Waals surface area contributed by atoms with E-state index in [9.17, 15) is 9.59 Å². The number of hydrogen-bond acceptors (Lipinski definition) is 5. The highest BCUT2D eigenvalue weighted by Gasteiger charge is 2.54. The minimum absolute atomic E-state index is 0.126. The molecule has 2 aliphatic heterocycles. The van der Waals surface area contributed by atoms with E-state index in [4.69, 9.17) is 9.47 Å². The van der Waals surface area contributed by atoms with Gasteiger partial charge in [-0.3, -0.25) is 9.59 Å². The largest absolute Gasteiger partial charge is 0.453 e. The monoisotopic (exact) mass is 386 g/mol. The van der Waals surface area contributed by atoms with Crippen molar-refractivity contribution in [3.63, 3.8) is 0 Å². The molecule has 136 valence electrons. The van der Waals surface area contributed by atoms with Crippen LogP contribution in [0.15, 0.2) is 76.7 Å². The second-order valence-corrected chi connectivity index (χ2v) is 7.97. The molecular formula is C23H14O4S. The topological polar surface area (TPSA) is 52.6 Å². The zero-order chi connectivity index (χ0) is 18.9. The molecule has 3 heterocycles. The summed E-state index contributed by atoms with van der Waals surface area (Å²) in [4.78, 5) is 26.6. The lowest BCUT2D eigenvalue weighted by Crippen LogP contribution is -2.47. The zero-order valence-corrected chi connectivity index (χ0v) is 15.5. The van der Waals surface area contributed by atoms with E-state index in [0.29, 0.717) is 23.1 Å². The van der Waals surface area contributed by atoms with Crippen LogP contribution in [-0.4, -0.2) is 11.6 Å². The maximum Gasteiger partial charge on any atom is 0.243 e. The summed E-state index contributed by atoms with van der Waals surface area (Å²) in [5.74, 6) is -1.43. The molecule has 1 aliphatic carbocycles. The number of carbonyl (C=O) groups is 2. The summed E-state index contributed by atoms with van der Waals surface area (Å²) >= 11 is 1.55. The third-order valence-electron chi connectivity index (χ3n) is 5.67. The van der Waals surface area contributed by atoms with Crippen molar-refractivity contribution < 1.29 is 19.1 Å². The summed E-state index contributed by atoms with van der Waals surface area (Å²) in [6.45, 7) is 0. The minimum Gasteiger partial charge on any atom is -0.453 e. The van der Waals surface area contributed by atoms with Crippen LogP contribution >= 0.6 is 11.3 Å². The van der Waals surface area contributed by atoms with Gasteiger partial charge in [0.15, 0.2) is 11.5 Å². The predicted molar refractivity (Wildman–Crippen MR) is 103 cm³/mol. The van der Waals surface area contributed by atoms with Gasteiger partial charge in [0.2, 0.25) is 11.6 Å². The van der Waals surface area contributed by atoms with E-state index in [2.05, 4.69) is 0 Å². The molecule has 2 bridgehead atoms. The summed E-state index contributed by atoms with van der Waals surface area (Å²) < 4.78 is 12.7. The first-order chi connectivity index (χ1) is 13.7. The van der Waals surface area contributed by atoms with Gasteiger partial charge in [0.25, 0.3) is 0 Å². The van der Waals surface area contributed by atoms with E-state index in [1.807, 2.05) is 41.1 Å². The Kier molecular flexibility index (Phi) is 3.14. The first-order valence-electron chi connectivity index (χ1n) is 9.08. The Morgan fingerprint density at radius 2 is 1.68 bits per heavy atom. The first kappa shape index (κ1) is 16.0. The molecule has 3 aromatic rings. The van der Waals surface area contributed by atoms with Crippen LogP contribution in [-0.2, 0) is 21.7 Å². The van der Waals surface area contributed by atoms with Crippen LogP contribution in [0.25, 0.3) is 0 Å². The van der Waals surface area contributed by atoms with Crippen molar-refractivity contribution >= 4 is 22.9 Å². The summed E-state index contributed by atoms with van der Waals surface area (Å²) in [7, 11) is 0. The Balaban J connectivity index is 1.63. The normalized spacial score (nSPS) is 24.9. The molecule has 1 aromatic heterocycles. The van der Waals surface area contributed by atoms with Crippen LogP contribution in [0.5, 0.6) is 0 Å². The van der Waals surface area contributed by atoms with Crippen molar-refractivity contribution in [3.05, 3.63) is 105 Å². The molecule has 0 amide bonds. The molecule has 0 unspecified atom stereocenters. The van der Waals surface area contributed by atoms with E-state index in [-0.39, 0.29) is 17.3 Å². The van der Waals surface area contributed by atoms with Gasteiger partial charge in [0, 0.05) is 28.5 Å². The van der Waals surface area contributed by atoms with Crippen molar-refractivity contribution in [3.8, 4) is 0 Å². The Morgan fingerprint density at radius 3 is 2.46 bits per heavy atom. The fourth-order valence-electron chi connectivity index (χ4n) is 4.36. The fraction of sp³-hybridized carbons (Fsp3) is 0.130. The van der Waals surface area contributed by atoms with E-state index < -0.39 is 11.9 Å². The fourth-order valence-corrected chi connectivity index (χ4v) is 5.07. The average Bonchev–Trinajstić information content (AvgIpc) is 3.28. The van der Waals surface area contributed by atoms with E-state index in [1.165, 1.54) is 0 Å². The van der Waals surface area contributed by atoms with Crippen LogP contribution in [0.4, 0.5) is 0 Å². The lowest BCUT2D eigenvalue weighted by Gasteiger charge is -2.47. The molecule has 0 saturated carbocycles. The molecule has 2 aromatic carbocycles. The molecule has 0 spiro atoms. The highest BCUT2D eigenvalue weighted by atomic mass is 32.1. The molecule has 0 fully saturated rings. The van der Waals surface area contributed by atoms with Crippen molar-refractivity contribution in [2.24, 2.45) is 0 Å². The Hall–Kier alpha value is -3.02. The van der Waals surface area contributed by atoms with Crippen molar-refractivity contribution in [2.45, 2.75) is 18.3 Å². The summed E-state index contributed by atoms with van der Waals surface area (Å²) in [5, 5.41) is 3.93. The number of ether oxygens (including phenoxy) is 2. The molecule has 0 N–H and O–H groups in total. The van der Waals surface area contributed by atoms with Gasteiger partial charge in [-0.25, -0.2) is 0 Å². The van der Waals surface area contributed by atoms with Crippen LogP contribution in [0.3, 0.4) is 0 Å². The quantitative estimate of drug-likeness (QED) is 0.614. The summed E-state index contributed by atoms with van der Waals surface area (Å²) in [6, 6.07) is 16.7. The molecule has 5 heteroatoms. The van der Waals surface area contributed by atoms with Crippen molar-refractivity contribution in [1.29, 1.82) is 0 Å². The van der Waals surface area contributed by atoms with Gasteiger partial charge in [-0.1, -0.05) is 48.5 Å². The number of allylic oxidation sites excluding steroid dienone is 1. The van der Waals surface area contributed by atoms with E-state index >= 15 is 0 Å². The molecule has 2 atom stereocenters. The molecule has 0 radical (unpaired) electrons. The minimum atomic E-state index is -1.10. The average molecular weight is 386 g/mol. The molecule has 4 nitrogen and oxygen atoms in total.